The molecule has 0 aromatic heterocycles. The molecule has 0 fully saturated rings. The molecule has 3 unspecified atom stereocenters. The monoisotopic (exact) mass is 758 g/mol. The number of aliphatic hydroxyl groups excluding tert-OH is 2. The van der Waals surface area contributed by atoms with Gasteiger partial charge in [0.05, 0.1) is 25.2 Å². The Labute approximate surface area is 334 Å². The zero-order valence-electron chi connectivity index (χ0n) is 35.6. The minimum atomic E-state index is -0.796. The highest BCUT2D eigenvalue weighted by Gasteiger charge is 2.24. The van der Waals surface area contributed by atoms with Crippen LogP contribution in [-0.2, 0) is 14.3 Å². The van der Waals surface area contributed by atoms with Crippen molar-refractivity contribution in [2.45, 2.75) is 238 Å². The number of unbranched alkanes of at least 4 members (excludes halogenated alkanes) is 22. The second-order valence-electron chi connectivity index (χ2n) is 15.5. The maximum atomic E-state index is 13.1. The van der Waals surface area contributed by atoms with Crippen LogP contribution in [0.25, 0.3) is 0 Å². The molecule has 0 saturated heterocycles. The molecule has 0 aliphatic rings. The Morgan fingerprint density at radius 1 is 0.556 bits per heavy atom. The Kier molecular flexibility index (Phi) is 40.3. The van der Waals surface area contributed by atoms with E-state index in [1.54, 1.807) is 0 Å². The summed E-state index contributed by atoms with van der Waals surface area (Å²) in [6, 6.07) is -0.712. The number of hydrogen-bond donors (Lipinski definition) is 3. The summed E-state index contributed by atoms with van der Waals surface area (Å²) in [5.74, 6) is -0.522. The summed E-state index contributed by atoms with van der Waals surface area (Å²) in [5, 5.41) is 23.6. The largest absolute Gasteiger partial charge is 0.462 e. The standard InChI is InChI=1S/C48H87NO5/c1-4-7-10-13-16-19-22-23-26-28-31-34-37-40-46(51)45(43-50)49-47(52)42-44(39-36-33-30-27-24-20-17-14-11-8-5-2)54-48(53)41-38-35-32-29-25-21-18-15-12-9-6-3/h8,11,14-15,17-18,20,24,44-46,50-51H,4-7,9-10,12-13,16,19,21-23,25-43H2,1-3H3,(H,49,52)/b11-8+,17-14+,18-15-,24-20-. The Morgan fingerprint density at radius 3 is 1.63 bits per heavy atom. The molecule has 0 aromatic rings. The fourth-order valence-corrected chi connectivity index (χ4v) is 6.70. The van der Waals surface area contributed by atoms with Gasteiger partial charge in [0.1, 0.15) is 6.10 Å². The maximum absolute atomic E-state index is 13.1. The lowest BCUT2D eigenvalue weighted by molar-refractivity contribution is -0.151. The quantitative estimate of drug-likeness (QED) is 0.0250. The van der Waals surface area contributed by atoms with E-state index in [9.17, 15) is 19.8 Å². The van der Waals surface area contributed by atoms with Crippen LogP contribution in [0.3, 0.4) is 0 Å². The van der Waals surface area contributed by atoms with Gasteiger partial charge < -0.3 is 20.3 Å². The van der Waals surface area contributed by atoms with Crippen molar-refractivity contribution in [1.29, 1.82) is 0 Å². The van der Waals surface area contributed by atoms with Crippen molar-refractivity contribution in [2.24, 2.45) is 0 Å². The third-order valence-corrected chi connectivity index (χ3v) is 10.2. The molecule has 0 heterocycles. The van der Waals surface area contributed by atoms with Crippen molar-refractivity contribution >= 4 is 11.9 Å². The van der Waals surface area contributed by atoms with Crippen LogP contribution < -0.4 is 5.32 Å². The molecule has 0 rings (SSSR count). The van der Waals surface area contributed by atoms with Crippen molar-refractivity contribution in [3.63, 3.8) is 0 Å². The van der Waals surface area contributed by atoms with Crippen LogP contribution in [0.1, 0.15) is 220 Å². The maximum Gasteiger partial charge on any atom is 0.306 e. The Balaban J connectivity index is 4.61. The van der Waals surface area contributed by atoms with E-state index >= 15 is 0 Å². The Hall–Kier alpha value is -2.18. The number of rotatable bonds is 40. The van der Waals surface area contributed by atoms with Gasteiger partial charge in [-0.15, -0.1) is 0 Å². The van der Waals surface area contributed by atoms with Crippen molar-refractivity contribution in [1.82, 2.24) is 5.32 Å². The summed E-state index contributed by atoms with van der Waals surface area (Å²) in [5.41, 5.74) is 0. The second kappa shape index (κ2) is 42.0. The molecule has 54 heavy (non-hydrogen) atoms. The number of esters is 1. The molecule has 3 N–H and O–H groups in total. The molecule has 0 bridgehead atoms. The molecule has 0 saturated carbocycles. The molecular weight excluding hydrogens is 671 g/mol. The highest BCUT2D eigenvalue weighted by molar-refractivity contribution is 5.77. The lowest BCUT2D eigenvalue weighted by Crippen LogP contribution is -2.46. The summed E-state index contributed by atoms with van der Waals surface area (Å²) >= 11 is 0. The SMILES string of the molecule is CC/C=C/C=C/C=C\CCCCCC(CC(=O)NC(CO)C(O)CCCCCCCCCCCCCCC)OC(=O)CCCCCCC/C=C\CCCC. The van der Waals surface area contributed by atoms with Gasteiger partial charge in [-0.05, 0) is 64.2 Å². The first-order valence-electron chi connectivity index (χ1n) is 22.9. The number of carbonyl (C=O) groups excluding carboxylic acids is 2. The fourth-order valence-electron chi connectivity index (χ4n) is 6.70. The number of nitrogens with one attached hydrogen (secondary N) is 1. The van der Waals surface area contributed by atoms with E-state index in [1.807, 2.05) is 12.2 Å². The average molecular weight is 758 g/mol. The van der Waals surface area contributed by atoms with E-state index in [-0.39, 0.29) is 24.9 Å². The van der Waals surface area contributed by atoms with Crippen LogP contribution in [0, 0.1) is 0 Å². The van der Waals surface area contributed by atoms with Crippen LogP contribution >= 0.6 is 0 Å². The highest BCUT2D eigenvalue weighted by atomic mass is 16.5. The molecule has 314 valence electrons. The van der Waals surface area contributed by atoms with E-state index in [0.29, 0.717) is 19.3 Å². The van der Waals surface area contributed by atoms with Crippen LogP contribution in [0.4, 0.5) is 0 Å². The number of ether oxygens (including phenoxy) is 1. The van der Waals surface area contributed by atoms with E-state index in [0.717, 1.165) is 77.0 Å². The van der Waals surface area contributed by atoms with Gasteiger partial charge in [-0.1, -0.05) is 191 Å². The third-order valence-electron chi connectivity index (χ3n) is 10.2. The molecule has 6 heteroatoms. The normalized spacial score (nSPS) is 13.8. The topological polar surface area (TPSA) is 95.9 Å². The smallest absolute Gasteiger partial charge is 0.306 e. The summed E-state index contributed by atoms with van der Waals surface area (Å²) in [6.45, 7) is 6.28. The van der Waals surface area contributed by atoms with E-state index in [1.165, 1.54) is 96.3 Å². The first-order chi connectivity index (χ1) is 26.5. The summed E-state index contributed by atoms with van der Waals surface area (Å²) in [7, 11) is 0. The lowest BCUT2D eigenvalue weighted by Gasteiger charge is -2.24. The summed E-state index contributed by atoms with van der Waals surface area (Å²) < 4.78 is 5.87. The van der Waals surface area contributed by atoms with Gasteiger partial charge in [-0.25, -0.2) is 0 Å². The molecule has 0 radical (unpaired) electrons. The lowest BCUT2D eigenvalue weighted by atomic mass is 10.0. The van der Waals surface area contributed by atoms with Crippen molar-refractivity contribution < 1.29 is 24.5 Å². The second-order valence-corrected chi connectivity index (χ2v) is 15.5. The molecule has 3 atom stereocenters. The van der Waals surface area contributed by atoms with Gasteiger partial charge in [0.25, 0.3) is 0 Å². The first kappa shape index (κ1) is 51.8. The molecule has 6 nitrogen and oxygen atoms in total. The zero-order valence-corrected chi connectivity index (χ0v) is 35.6. The summed E-state index contributed by atoms with van der Waals surface area (Å²) in [4.78, 5) is 25.9. The molecule has 0 aromatic carbocycles. The van der Waals surface area contributed by atoms with Gasteiger partial charge in [0.15, 0.2) is 0 Å². The molecule has 0 aliphatic heterocycles. The minimum absolute atomic E-state index is 0.0510. The highest BCUT2D eigenvalue weighted by Crippen LogP contribution is 2.17. The average Bonchev–Trinajstić information content (AvgIpc) is 3.16. The number of amides is 1. The predicted octanol–water partition coefficient (Wildman–Crippen LogP) is 13.1. The Morgan fingerprint density at radius 2 is 1.04 bits per heavy atom. The van der Waals surface area contributed by atoms with E-state index < -0.39 is 18.2 Å². The summed E-state index contributed by atoms with van der Waals surface area (Å²) in [6.07, 6.45) is 48.9. The van der Waals surface area contributed by atoms with Gasteiger partial charge >= 0.3 is 5.97 Å². The van der Waals surface area contributed by atoms with Crippen LogP contribution in [-0.4, -0.2) is 46.9 Å². The number of aliphatic hydroxyl groups is 2. The van der Waals surface area contributed by atoms with Crippen molar-refractivity contribution in [3.8, 4) is 0 Å². The fraction of sp³-hybridized carbons (Fsp3) is 0.792. The Bertz CT molecular complexity index is 941. The molecule has 0 spiro atoms. The molecule has 1 amide bonds. The van der Waals surface area contributed by atoms with Gasteiger partial charge in [-0.3, -0.25) is 9.59 Å². The third kappa shape index (κ3) is 36.8. The van der Waals surface area contributed by atoms with Crippen molar-refractivity contribution in [3.05, 3.63) is 48.6 Å². The van der Waals surface area contributed by atoms with Crippen LogP contribution in [0.15, 0.2) is 48.6 Å². The van der Waals surface area contributed by atoms with Crippen LogP contribution in [0.2, 0.25) is 0 Å². The minimum Gasteiger partial charge on any atom is -0.462 e. The van der Waals surface area contributed by atoms with Gasteiger partial charge in [-0.2, -0.15) is 0 Å². The van der Waals surface area contributed by atoms with Gasteiger partial charge in [0, 0.05) is 6.42 Å². The molecule has 0 aliphatic carbocycles. The van der Waals surface area contributed by atoms with E-state index in [2.05, 4.69) is 62.5 Å². The van der Waals surface area contributed by atoms with Gasteiger partial charge in [0.2, 0.25) is 5.91 Å². The zero-order chi connectivity index (χ0) is 39.6. The van der Waals surface area contributed by atoms with Crippen LogP contribution in [0.5, 0.6) is 0 Å². The number of allylic oxidation sites excluding steroid dienone is 8. The number of carbonyl (C=O) groups is 2. The van der Waals surface area contributed by atoms with E-state index in [4.69, 9.17) is 4.74 Å². The number of hydrogen-bond acceptors (Lipinski definition) is 5. The van der Waals surface area contributed by atoms with Crippen molar-refractivity contribution in [2.75, 3.05) is 6.61 Å². The first-order valence-corrected chi connectivity index (χ1v) is 22.9. The predicted molar refractivity (Wildman–Crippen MR) is 232 cm³/mol. The molecular formula is C48H87NO5.